The zero-order valence-corrected chi connectivity index (χ0v) is 12.9. The van der Waals surface area contributed by atoms with Gasteiger partial charge in [0.25, 0.3) is 0 Å². The van der Waals surface area contributed by atoms with E-state index in [0.29, 0.717) is 5.54 Å². The summed E-state index contributed by atoms with van der Waals surface area (Å²) in [7, 11) is 0. The molecule has 0 aromatic rings. The third kappa shape index (κ3) is 6.22. The summed E-state index contributed by atoms with van der Waals surface area (Å²) in [5.41, 5.74) is 0.542. The van der Waals surface area contributed by atoms with Gasteiger partial charge in [-0.25, -0.2) is 0 Å². The van der Waals surface area contributed by atoms with Crippen molar-refractivity contribution in [1.82, 2.24) is 5.32 Å². The Morgan fingerprint density at radius 2 is 1.33 bits per heavy atom. The summed E-state index contributed by atoms with van der Waals surface area (Å²) in [6.07, 6.45) is 18.5. The highest BCUT2D eigenvalue weighted by atomic mass is 15.0. The molecule has 0 aliphatic carbocycles. The molecule has 1 heterocycles. The molecule has 0 spiro atoms. The highest BCUT2D eigenvalue weighted by molar-refractivity contribution is 4.92. The molecular weight excluding hydrogens is 218 g/mol. The zero-order chi connectivity index (χ0) is 13.1. The number of nitrogens with one attached hydrogen (secondary N) is 1. The zero-order valence-electron chi connectivity index (χ0n) is 12.9. The molecular formula is C17H35N. The predicted octanol–water partition coefficient (Wildman–Crippen LogP) is 5.44. The Morgan fingerprint density at radius 3 is 1.83 bits per heavy atom. The molecule has 1 unspecified atom stereocenters. The first kappa shape index (κ1) is 16.0. The van der Waals surface area contributed by atoms with Crippen LogP contribution in [0.1, 0.15) is 97.3 Å². The molecule has 0 aromatic carbocycles. The van der Waals surface area contributed by atoms with Crippen LogP contribution < -0.4 is 5.32 Å². The van der Waals surface area contributed by atoms with E-state index in [1.807, 2.05) is 0 Å². The minimum absolute atomic E-state index is 0.542. The average Bonchev–Trinajstić information content (AvgIpc) is 2.84. The molecule has 1 atom stereocenters. The molecule has 1 saturated heterocycles. The second-order valence-electron chi connectivity index (χ2n) is 6.29. The molecule has 1 N–H and O–H groups in total. The van der Waals surface area contributed by atoms with Crippen LogP contribution in [0, 0.1) is 0 Å². The molecule has 108 valence electrons. The van der Waals surface area contributed by atoms with E-state index >= 15 is 0 Å². The highest BCUT2D eigenvalue weighted by Crippen LogP contribution is 2.31. The van der Waals surface area contributed by atoms with Gasteiger partial charge in [-0.3, -0.25) is 0 Å². The third-order valence-electron chi connectivity index (χ3n) is 4.60. The number of unbranched alkanes of at least 4 members (excludes halogenated alkanes) is 7. The van der Waals surface area contributed by atoms with E-state index < -0.39 is 0 Å². The van der Waals surface area contributed by atoms with Gasteiger partial charge >= 0.3 is 0 Å². The van der Waals surface area contributed by atoms with Gasteiger partial charge in [-0.1, -0.05) is 71.6 Å². The van der Waals surface area contributed by atoms with Crippen LogP contribution in [0.3, 0.4) is 0 Å². The van der Waals surface area contributed by atoms with E-state index in [0.717, 1.165) is 0 Å². The van der Waals surface area contributed by atoms with Crippen molar-refractivity contribution in [2.24, 2.45) is 0 Å². The number of hydrogen-bond donors (Lipinski definition) is 1. The molecule has 0 amide bonds. The topological polar surface area (TPSA) is 12.0 Å². The third-order valence-corrected chi connectivity index (χ3v) is 4.60. The van der Waals surface area contributed by atoms with Crippen molar-refractivity contribution < 1.29 is 0 Å². The maximum atomic E-state index is 3.84. The van der Waals surface area contributed by atoms with Crippen molar-refractivity contribution >= 4 is 0 Å². The fraction of sp³-hybridized carbons (Fsp3) is 1.00. The summed E-state index contributed by atoms with van der Waals surface area (Å²) >= 11 is 0. The Hall–Kier alpha value is -0.0400. The summed E-state index contributed by atoms with van der Waals surface area (Å²) < 4.78 is 0. The van der Waals surface area contributed by atoms with Crippen LogP contribution in [0.2, 0.25) is 0 Å². The molecule has 0 radical (unpaired) electrons. The van der Waals surface area contributed by atoms with Crippen LogP contribution in [0.25, 0.3) is 0 Å². The van der Waals surface area contributed by atoms with Gasteiger partial charge in [0.2, 0.25) is 0 Å². The molecule has 0 aromatic heterocycles. The second-order valence-corrected chi connectivity index (χ2v) is 6.29. The SMILES string of the molecule is CCCCCCCC1(CCCCCC)CCCN1. The standard InChI is InChI=1S/C17H35N/c1-3-5-7-9-11-14-17(15-12-16-18-17)13-10-8-6-4-2/h18H,3-16H2,1-2H3. The maximum absolute atomic E-state index is 3.84. The lowest BCUT2D eigenvalue weighted by Crippen LogP contribution is -2.39. The number of rotatable bonds is 11. The van der Waals surface area contributed by atoms with E-state index in [4.69, 9.17) is 0 Å². The fourth-order valence-electron chi connectivity index (χ4n) is 3.38. The van der Waals surface area contributed by atoms with Gasteiger partial charge in [0, 0.05) is 5.54 Å². The lowest BCUT2D eigenvalue weighted by atomic mass is 9.85. The van der Waals surface area contributed by atoms with Crippen LogP contribution in [0.15, 0.2) is 0 Å². The summed E-state index contributed by atoms with van der Waals surface area (Å²) in [5.74, 6) is 0. The van der Waals surface area contributed by atoms with Gasteiger partial charge in [0.15, 0.2) is 0 Å². The minimum atomic E-state index is 0.542. The van der Waals surface area contributed by atoms with Gasteiger partial charge in [-0.2, -0.15) is 0 Å². The van der Waals surface area contributed by atoms with E-state index in [1.165, 1.54) is 90.0 Å². The van der Waals surface area contributed by atoms with Crippen molar-refractivity contribution in [3.05, 3.63) is 0 Å². The monoisotopic (exact) mass is 253 g/mol. The molecule has 1 nitrogen and oxygen atoms in total. The van der Waals surface area contributed by atoms with Crippen LogP contribution in [0.5, 0.6) is 0 Å². The Morgan fingerprint density at radius 1 is 0.778 bits per heavy atom. The van der Waals surface area contributed by atoms with Gasteiger partial charge in [-0.05, 0) is 32.2 Å². The van der Waals surface area contributed by atoms with E-state index in [1.54, 1.807) is 0 Å². The molecule has 1 fully saturated rings. The van der Waals surface area contributed by atoms with Crippen LogP contribution in [-0.2, 0) is 0 Å². The first-order chi connectivity index (χ1) is 8.83. The van der Waals surface area contributed by atoms with Gasteiger partial charge < -0.3 is 5.32 Å². The predicted molar refractivity (Wildman–Crippen MR) is 82.1 cm³/mol. The Bertz CT molecular complexity index is 182. The second kappa shape index (κ2) is 9.83. The summed E-state index contributed by atoms with van der Waals surface area (Å²) in [5, 5.41) is 3.84. The first-order valence-corrected chi connectivity index (χ1v) is 8.58. The molecule has 1 heteroatoms. The van der Waals surface area contributed by atoms with E-state index in [2.05, 4.69) is 19.2 Å². The van der Waals surface area contributed by atoms with Crippen molar-refractivity contribution in [2.45, 2.75) is 103 Å². The van der Waals surface area contributed by atoms with Crippen LogP contribution >= 0.6 is 0 Å². The Kier molecular flexibility index (Phi) is 8.75. The lowest BCUT2D eigenvalue weighted by molar-refractivity contribution is 0.299. The Labute approximate surface area is 115 Å². The highest BCUT2D eigenvalue weighted by Gasteiger charge is 2.31. The minimum Gasteiger partial charge on any atom is -0.311 e. The van der Waals surface area contributed by atoms with Crippen molar-refractivity contribution in [3.8, 4) is 0 Å². The summed E-state index contributed by atoms with van der Waals surface area (Å²) in [6.45, 7) is 5.87. The smallest absolute Gasteiger partial charge is 0.0182 e. The van der Waals surface area contributed by atoms with Crippen LogP contribution in [0.4, 0.5) is 0 Å². The van der Waals surface area contributed by atoms with Crippen molar-refractivity contribution in [1.29, 1.82) is 0 Å². The van der Waals surface area contributed by atoms with Crippen molar-refractivity contribution in [2.75, 3.05) is 6.54 Å². The van der Waals surface area contributed by atoms with Gasteiger partial charge in [-0.15, -0.1) is 0 Å². The molecule has 1 aliphatic heterocycles. The molecule has 18 heavy (non-hydrogen) atoms. The molecule has 0 bridgehead atoms. The molecule has 1 rings (SSSR count). The first-order valence-electron chi connectivity index (χ1n) is 8.58. The summed E-state index contributed by atoms with van der Waals surface area (Å²) in [6, 6.07) is 0. The normalized spacial score (nSPS) is 23.7. The maximum Gasteiger partial charge on any atom is 0.0182 e. The average molecular weight is 253 g/mol. The van der Waals surface area contributed by atoms with Crippen LogP contribution in [-0.4, -0.2) is 12.1 Å². The lowest BCUT2D eigenvalue weighted by Gasteiger charge is -2.30. The van der Waals surface area contributed by atoms with Gasteiger partial charge in [0.1, 0.15) is 0 Å². The molecule has 1 aliphatic rings. The van der Waals surface area contributed by atoms with E-state index in [9.17, 15) is 0 Å². The number of hydrogen-bond acceptors (Lipinski definition) is 1. The Balaban J connectivity index is 2.16. The molecule has 0 saturated carbocycles. The summed E-state index contributed by atoms with van der Waals surface area (Å²) in [4.78, 5) is 0. The van der Waals surface area contributed by atoms with E-state index in [-0.39, 0.29) is 0 Å². The quantitative estimate of drug-likeness (QED) is 0.483. The largest absolute Gasteiger partial charge is 0.311 e. The fourth-order valence-corrected chi connectivity index (χ4v) is 3.38. The van der Waals surface area contributed by atoms with Crippen molar-refractivity contribution in [3.63, 3.8) is 0 Å². The van der Waals surface area contributed by atoms with Gasteiger partial charge in [0.05, 0.1) is 0 Å².